The van der Waals surface area contributed by atoms with Crippen LogP contribution in [0.4, 0.5) is 31.4 Å². The van der Waals surface area contributed by atoms with E-state index in [-0.39, 0.29) is 97.7 Å². The number of aldehydes is 3. The first kappa shape index (κ1) is 97.1. The maximum Gasteiger partial charge on any atom is 1.00 e. The molecule has 619 valence electrons. The maximum absolute atomic E-state index is 12.6. The van der Waals surface area contributed by atoms with E-state index in [1.54, 1.807) is 81.4 Å². The van der Waals surface area contributed by atoms with Crippen molar-refractivity contribution in [1.82, 2.24) is 45.3 Å². The van der Waals surface area contributed by atoms with Crippen molar-refractivity contribution in [1.29, 1.82) is 0 Å². The van der Waals surface area contributed by atoms with Gasteiger partial charge in [0.2, 0.25) is 0 Å². The van der Waals surface area contributed by atoms with Crippen LogP contribution in [0.1, 0.15) is 152 Å². The van der Waals surface area contributed by atoms with Crippen LogP contribution < -0.4 is 51.0 Å². The molecule has 3 radical (unpaired) electrons. The number of aliphatic hydroxyl groups is 2. The van der Waals surface area contributed by atoms with Gasteiger partial charge in [0.15, 0.2) is 18.9 Å². The van der Waals surface area contributed by atoms with E-state index in [2.05, 4.69) is 78.4 Å². The third kappa shape index (κ3) is 23.5. The summed E-state index contributed by atoms with van der Waals surface area (Å²) in [5.41, 5.74) is 10.1. The number of aliphatic hydroxyl groups excluding tert-OH is 2. The fraction of sp³-hybridized carbons (Fsp3) is 0.372. The van der Waals surface area contributed by atoms with E-state index in [0.717, 1.165) is 113 Å². The number of rotatable bonds is 11. The largest absolute Gasteiger partial charge is 1.00 e. The van der Waals surface area contributed by atoms with Crippen molar-refractivity contribution >= 4 is 201 Å². The van der Waals surface area contributed by atoms with E-state index in [1.807, 2.05) is 135 Å². The van der Waals surface area contributed by atoms with Gasteiger partial charge in [0.05, 0.1) is 85.9 Å². The van der Waals surface area contributed by atoms with Gasteiger partial charge in [-0.15, -0.1) is 45.3 Å². The molecule has 10 aromatic rings. The van der Waals surface area contributed by atoms with E-state index in [9.17, 15) is 33.9 Å². The summed E-state index contributed by atoms with van der Waals surface area (Å²) in [5.74, 6) is 0. The van der Waals surface area contributed by atoms with Gasteiger partial charge in [-0.05, 0) is 209 Å². The number of nitrogens with one attached hydrogen (secondary N) is 6. The number of carbonyl (C=O) groups is 6. The average molecular weight is 1880 g/mol. The summed E-state index contributed by atoms with van der Waals surface area (Å²) in [4.78, 5) is 77.9. The van der Waals surface area contributed by atoms with Crippen molar-refractivity contribution in [3.05, 3.63) is 196 Å². The number of halogens is 5. The van der Waals surface area contributed by atoms with Gasteiger partial charge >= 0.3 is 68.8 Å². The minimum atomic E-state index is -0.476. The molecule has 0 saturated carbocycles. The predicted molar refractivity (Wildman–Crippen MR) is 475 cm³/mol. The SMILES string of the molecule is CC1(C)OB(B2OC(C)(C)C(C)(C)O2)OC1(C)C.CC1(C)OB(c2ccsc2C=O)OC1(C)C.CO.O=C(Nc1cccc(Cl)c1)N1CCc2[nH]nc(-c3ccsc3CO)c2C1.O=C(Nc1cccc(Cl)c1)N1CCc2[nH]nc(Br)c2C1.O=Cc1sccc1-c1n[nH]c2c1CN(C(=O)Nc1cccc(Cl)c1)CC2.O=Cc1sccc1Br.[B].[H-].[Na+]. The Morgan fingerprint density at radius 2 is 0.847 bits per heavy atom. The number of aromatic nitrogens is 6. The van der Waals surface area contributed by atoms with Gasteiger partial charge in [-0.2, -0.15) is 15.3 Å². The van der Waals surface area contributed by atoms with Crippen molar-refractivity contribution < 1.29 is 97.9 Å². The molecule has 8 N–H and O–H groups in total. The molecule has 3 saturated heterocycles. The van der Waals surface area contributed by atoms with Gasteiger partial charge in [0.1, 0.15) is 4.60 Å². The average Bonchev–Trinajstić information content (AvgIpc) is 1.60. The van der Waals surface area contributed by atoms with Crippen molar-refractivity contribution in [2.45, 2.75) is 162 Å². The smallest absolute Gasteiger partial charge is 1.00 e. The van der Waals surface area contributed by atoms with Crippen LogP contribution in [-0.4, -0.2) is 182 Å². The molecule has 0 atom stereocenters. The first-order chi connectivity index (χ1) is 55.0. The van der Waals surface area contributed by atoms with Crippen molar-refractivity contribution in [2.75, 3.05) is 42.7 Å². The van der Waals surface area contributed by atoms with E-state index < -0.39 is 21.1 Å². The number of hydrogen-bond donors (Lipinski definition) is 8. The Morgan fingerprint density at radius 3 is 1.24 bits per heavy atom. The molecule has 0 spiro atoms. The van der Waals surface area contributed by atoms with Crippen molar-refractivity contribution in [3.8, 4) is 22.5 Å². The van der Waals surface area contributed by atoms with Crippen LogP contribution in [0.2, 0.25) is 15.1 Å². The third-order valence-corrected chi connectivity index (χ3v) is 26.7. The van der Waals surface area contributed by atoms with Crippen LogP contribution in [0.15, 0.2) is 128 Å². The first-order valence-corrected chi connectivity index (χ1v) is 43.0. The summed E-state index contributed by atoms with van der Waals surface area (Å²) >= 11 is 30.2. The number of carbonyl (C=O) groups excluding carboxylic acids is 6. The standard InChI is InChI=1S/C18H17ClN4O2S.C18H15ClN4O2S.C13H12BrClN4O.C12H24B2O4.C11H15BO3S.C5H3BrOS.CH4O.B.Na.H/c2*19-11-2-1-3-12(8-11)20-18(25)23-6-4-15-14(9-23)17(22-21-15)13-5-7-26-16(13)10-24;14-12-10-7-19(5-4-11(10)17-18-12)13(20)16-9-3-1-2-8(15)6-9;1-9(2)10(3,4)16-13(15-9)14-17-11(5,6)12(7,8)18-14;1-10(2)11(3,4)15-12(14-10)8-5-6-16-9(8)7-13;6-4-1-2-8-5(4)3-7;1-2;;;/h1-3,5,7-8,24H,4,6,9-10H2,(H,20,25)(H,21,22);1-3,5,7-8,10H,4,6,9H2,(H,20,25)(H,21,22);1-3,6H,4-5,7H2,(H,16,20)(H,17,18);1-8H3;5-7H,1-4H3;1-3H;2H,1H3;;;/q;;;;;;;;+1;-1. The first-order valence-electron chi connectivity index (χ1n) is 36.8. The number of nitrogens with zero attached hydrogens (tertiary/aromatic N) is 6. The minimum Gasteiger partial charge on any atom is -1.00 e. The number of anilines is 3. The number of hydrogen-bond acceptors (Lipinski definition) is 21. The molecule has 3 fully saturated rings. The van der Waals surface area contributed by atoms with Crippen molar-refractivity contribution in [2.24, 2.45) is 0 Å². The van der Waals surface area contributed by atoms with Gasteiger partial charge in [0, 0.05) is 146 Å². The zero-order chi connectivity index (χ0) is 84.2. The molecule has 0 aliphatic carbocycles. The Balaban J connectivity index is 0.000000200. The van der Waals surface area contributed by atoms with E-state index in [0.29, 0.717) is 94.0 Å². The summed E-state index contributed by atoms with van der Waals surface area (Å²) in [6.45, 7) is 27.5. The van der Waals surface area contributed by atoms with Crippen LogP contribution in [0.3, 0.4) is 0 Å². The molecule has 6 aliphatic rings. The Hall–Kier alpha value is -6.32. The second-order valence-electron chi connectivity index (χ2n) is 30.0. The Bertz CT molecular complexity index is 5030. The molecule has 7 aromatic heterocycles. The molecule has 13 heterocycles. The fourth-order valence-corrected chi connectivity index (χ4v) is 16.8. The van der Waals surface area contributed by atoms with Gasteiger partial charge in [-0.25, -0.2) is 14.4 Å². The van der Waals surface area contributed by atoms with Gasteiger partial charge in [-0.1, -0.05) is 59.1 Å². The molecular formula is C78H91B4Br2Cl3N12NaO14S4. The fourth-order valence-electron chi connectivity index (χ4n) is 12.4. The van der Waals surface area contributed by atoms with E-state index in [4.69, 9.17) is 67.8 Å². The van der Waals surface area contributed by atoms with Crippen LogP contribution in [0.5, 0.6) is 0 Å². The summed E-state index contributed by atoms with van der Waals surface area (Å²) in [6, 6.07) is 28.3. The molecule has 40 heteroatoms. The molecule has 118 heavy (non-hydrogen) atoms. The van der Waals surface area contributed by atoms with Crippen molar-refractivity contribution in [3.63, 3.8) is 0 Å². The van der Waals surface area contributed by atoms with Crippen LogP contribution in [0.25, 0.3) is 22.5 Å². The number of benzene rings is 3. The topological polar surface area (TPSA) is 330 Å². The Kier molecular flexibility index (Phi) is 34.7. The monoisotopic (exact) mass is 1880 g/mol. The van der Waals surface area contributed by atoms with E-state index in [1.165, 1.54) is 45.3 Å². The van der Waals surface area contributed by atoms with Crippen LogP contribution >= 0.6 is 112 Å². The summed E-state index contributed by atoms with van der Waals surface area (Å²) in [6.07, 6.45) is 4.71. The molecule has 16 rings (SSSR count). The molecule has 26 nitrogen and oxygen atoms in total. The number of amides is 6. The molecule has 0 unspecified atom stereocenters. The maximum atomic E-state index is 12.6. The third-order valence-electron chi connectivity index (χ3n) is 20.9. The quantitative estimate of drug-likeness (QED) is 0.0440. The summed E-state index contributed by atoms with van der Waals surface area (Å²) in [7, 11) is -0.386. The molecule has 0 bridgehead atoms. The Morgan fingerprint density at radius 1 is 0.500 bits per heavy atom. The minimum absolute atomic E-state index is 0. The molecular weight excluding hydrogens is 1790 g/mol. The number of H-pyrrole nitrogens is 3. The summed E-state index contributed by atoms with van der Waals surface area (Å²) < 4.78 is 37.3. The number of thiophene rings is 4. The molecule has 6 amide bonds. The Labute approximate surface area is 760 Å². The van der Waals surface area contributed by atoms with Crippen LogP contribution in [0, 0.1) is 0 Å². The zero-order valence-electron chi connectivity index (χ0n) is 68.7. The number of urea groups is 3. The normalized spacial score (nSPS) is 16.9. The second-order valence-corrected chi connectivity index (χ2v) is 36.8. The number of aromatic amines is 3. The second kappa shape index (κ2) is 42.2. The molecule has 3 aromatic carbocycles. The van der Waals surface area contributed by atoms with Crippen LogP contribution in [-0.2, 0) is 73.4 Å². The molecule has 6 aliphatic heterocycles. The number of fused-ring (bicyclic) bond motifs is 3. The predicted octanol–water partition coefficient (Wildman–Crippen LogP) is 14.3. The van der Waals surface area contributed by atoms with Gasteiger partial charge in [-0.3, -0.25) is 29.7 Å². The van der Waals surface area contributed by atoms with Gasteiger partial charge < -0.3 is 70.2 Å². The van der Waals surface area contributed by atoms with E-state index >= 15 is 0 Å². The zero-order valence-corrected chi connectivity index (χ0v) is 78.4. The van der Waals surface area contributed by atoms with Gasteiger partial charge in [0.25, 0.3) is 0 Å². The summed E-state index contributed by atoms with van der Waals surface area (Å²) in [5, 5.41) is 56.4.